The molecule has 0 heterocycles. The normalized spacial score (nSPS) is 15.6. The molecule has 1 aliphatic carbocycles. The molecule has 0 aromatic rings. The SMILES string of the molecule is CC(CCC(=O)O)NC(=O)CCCNC(=O)C1CC1. The lowest BCUT2D eigenvalue weighted by atomic mass is 10.1. The van der Waals surface area contributed by atoms with E-state index in [1.807, 2.05) is 0 Å². The maximum absolute atomic E-state index is 11.5. The van der Waals surface area contributed by atoms with Crippen molar-refractivity contribution < 1.29 is 19.5 Å². The van der Waals surface area contributed by atoms with Crippen LogP contribution >= 0.6 is 0 Å². The molecule has 0 aromatic carbocycles. The van der Waals surface area contributed by atoms with E-state index < -0.39 is 5.97 Å². The molecule has 6 heteroatoms. The highest BCUT2D eigenvalue weighted by Gasteiger charge is 2.28. The second-order valence-electron chi connectivity index (χ2n) is 5.07. The van der Waals surface area contributed by atoms with Crippen LogP contribution < -0.4 is 10.6 Å². The number of rotatable bonds is 9. The summed E-state index contributed by atoms with van der Waals surface area (Å²) in [5, 5.41) is 14.1. The van der Waals surface area contributed by atoms with E-state index >= 15 is 0 Å². The molecule has 1 rings (SSSR count). The largest absolute Gasteiger partial charge is 0.481 e. The van der Waals surface area contributed by atoms with Crippen LogP contribution in [0.15, 0.2) is 0 Å². The summed E-state index contributed by atoms with van der Waals surface area (Å²) in [6.45, 7) is 2.31. The second kappa shape index (κ2) is 7.76. The highest BCUT2D eigenvalue weighted by Crippen LogP contribution is 2.28. The third-order valence-corrected chi connectivity index (χ3v) is 3.03. The molecule has 6 nitrogen and oxygen atoms in total. The van der Waals surface area contributed by atoms with Crippen LogP contribution in [-0.2, 0) is 14.4 Å². The molecule has 1 unspecified atom stereocenters. The molecule has 0 aromatic heterocycles. The summed E-state index contributed by atoms with van der Waals surface area (Å²) in [6, 6.07) is -0.135. The van der Waals surface area contributed by atoms with Gasteiger partial charge < -0.3 is 15.7 Å². The minimum atomic E-state index is -0.858. The van der Waals surface area contributed by atoms with Gasteiger partial charge in [-0.25, -0.2) is 0 Å². The molecule has 1 aliphatic rings. The zero-order chi connectivity index (χ0) is 14.3. The van der Waals surface area contributed by atoms with Crippen molar-refractivity contribution in [1.29, 1.82) is 0 Å². The van der Waals surface area contributed by atoms with Crippen molar-refractivity contribution in [2.45, 2.75) is 51.5 Å². The molecule has 0 aliphatic heterocycles. The van der Waals surface area contributed by atoms with Crippen LogP contribution in [0.3, 0.4) is 0 Å². The van der Waals surface area contributed by atoms with Gasteiger partial charge in [-0.3, -0.25) is 14.4 Å². The van der Waals surface area contributed by atoms with Crippen molar-refractivity contribution in [3.05, 3.63) is 0 Å². The summed E-state index contributed by atoms with van der Waals surface area (Å²) in [7, 11) is 0. The maximum atomic E-state index is 11.5. The van der Waals surface area contributed by atoms with E-state index in [0.29, 0.717) is 25.8 Å². The smallest absolute Gasteiger partial charge is 0.303 e. The Kier molecular flexibility index (Phi) is 6.32. The molecule has 2 amide bonds. The first-order valence-corrected chi connectivity index (χ1v) is 6.78. The first kappa shape index (κ1) is 15.5. The van der Waals surface area contributed by atoms with Crippen molar-refractivity contribution in [2.75, 3.05) is 6.54 Å². The van der Waals surface area contributed by atoms with E-state index in [2.05, 4.69) is 10.6 Å². The van der Waals surface area contributed by atoms with E-state index in [9.17, 15) is 14.4 Å². The zero-order valence-electron chi connectivity index (χ0n) is 11.3. The number of hydrogen-bond acceptors (Lipinski definition) is 3. The lowest BCUT2D eigenvalue weighted by Gasteiger charge is -2.12. The van der Waals surface area contributed by atoms with E-state index in [1.54, 1.807) is 6.92 Å². The third-order valence-electron chi connectivity index (χ3n) is 3.03. The van der Waals surface area contributed by atoms with Crippen LogP contribution in [0.25, 0.3) is 0 Å². The van der Waals surface area contributed by atoms with Gasteiger partial charge in [0, 0.05) is 31.3 Å². The van der Waals surface area contributed by atoms with E-state index in [4.69, 9.17) is 5.11 Å². The Bertz CT molecular complexity index is 340. The predicted molar refractivity (Wildman–Crippen MR) is 69.4 cm³/mol. The number of nitrogens with one attached hydrogen (secondary N) is 2. The molecule has 1 fully saturated rings. The lowest BCUT2D eigenvalue weighted by molar-refractivity contribution is -0.137. The number of carboxylic acids is 1. The average molecular weight is 270 g/mol. The van der Waals surface area contributed by atoms with Crippen LogP contribution in [-0.4, -0.2) is 35.5 Å². The summed E-state index contributed by atoms with van der Waals surface area (Å²) in [6.07, 6.45) is 3.40. The third kappa shape index (κ3) is 7.43. The van der Waals surface area contributed by atoms with E-state index in [-0.39, 0.29) is 30.2 Å². The Hall–Kier alpha value is -1.59. The fourth-order valence-corrected chi connectivity index (χ4v) is 1.71. The summed E-state index contributed by atoms with van der Waals surface area (Å²) in [5.41, 5.74) is 0. The quantitative estimate of drug-likeness (QED) is 0.536. The summed E-state index contributed by atoms with van der Waals surface area (Å²) in [4.78, 5) is 33.2. The number of carboxylic acid groups (broad SMARTS) is 1. The van der Waals surface area contributed by atoms with Gasteiger partial charge in [0.05, 0.1) is 0 Å². The van der Waals surface area contributed by atoms with Gasteiger partial charge >= 0.3 is 5.97 Å². The van der Waals surface area contributed by atoms with Gasteiger partial charge in [0.2, 0.25) is 11.8 Å². The van der Waals surface area contributed by atoms with E-state index in [0.717, 1.165) is 12.8 Å². The first-order valence-electron chi connectivity index (χ1n) is 6.78. The van der Waals surface area contributed by atoms with Crippen LogP contribution in [0.2, 0.25) is 0 Å². The Balaban J connectivity index is 2.00. The van der Waals surface area contributed by atoms with Gasteiger partial charge in [-0.05, 0) is 32.6 Å². The van der Waals surface area contributed by atoms with Crippen LogP contribution in [0, 0.1) is 5.92 Å². The molecule has 108 valence electrons. The monoisotopic (exact) mass is 270 g/mol. The highest BCUT2D eigenvalue weighted by atomic mass is 16.4. The summed E-state index contributed by atoms with van der Waals surface area (Å²) in [5.74, 6) is -0.664. The molecule has 19 heavy (non-hydrogen) atoms. The van der Waals surface area contributed by atoms with E-state index in [1.165, 1.54) is 0 Å². The summed E-state index contributed by atoms with van der Waals surface area (Å²) < 4.78 is 0. The Morgan fingerprint density at radius 1 is 1.26 bits per heavy atom. The minimum Gasteiger partial charge on any atom is -0.481 e. The van der Waals surface area contributed by atoms with Gasteiger partial charge in [0.15, 0.2) is 0 Å². The average Bonchev–Trinajstić information content (AvgIpc) is 3.16. The van der Waals surface area contributed by atoms with Gasteiger partial charge in [-0.15, -0.1) is 0 Å². The lowest BCUT2D eigenvalue weighted by Crippen LogP contribution is -2.33. The Morgan fingerprint density at radius 3 is 2.53 bits per heavy atom. The molecule has 0 radical (unpaired) electrons. The van der Waals surface area contributed by atoms with Crippen molar-refractivity contribution in [1.82, 2.24) is 10.6 Å². The number of amides is 2. The molecule has 1 atom stereocenters. The van der Waals surface area contributed by atoms with Gasteiger partial charge in [0.25, 0.3) is 0 Å². The molecule has 0 saturated heterocycles. The molecular formula is C13H22N2O4. The zero-order valence-corrected chi connectivity index (χ0v) is 11.3. The van der Waals surface area contributed by atoms with Crippen LogP contribution in [0.5, 0.6) is 0 Å². The van der Waals surface area contributed by atoms with Crippen molar-refractivity contribution in [2.24, 2.45) is 5.92 Å². The standard InChI is InChI=1S/C13H22N2O4/c1-9(4-7-12(17)18)15-11(16)3-2-8-14-13(19)10-5-6-10/h9-10H,2-8H2,1H3,(H,14,19)(H,15,16)(H,17,18). The number of hydrogen-bond donors (Lipinski definition) is 3. The van der Waals surface area contributed by atoms with Crippen molar-refractivity contribution >= 4 is 17.8 Å². The van der Waals surface area contributed by atoms with Crippen LogP contribution in [0.4, 0.5) is 0 Å². The predicted octanol–water partition coefficient (Wildman–Crippen LogP) is 0.662. The topological polar surface area (TPSA) is 95.5 Å². The number of carbonyl (C=O) groups excluding carboxylic acids is 2. The van der Waals surface area contributed by atoms with Gasteiger partial charge in [0.1, 0.15) is 0 Å². The first-order chi connectivity index (χ1) is 8.99. The Morgan fingerprint density at radius 2 is 1.95 bits per heavy atom. The second-order valence-corrected chi connectivity index (χ2v) is 5.07. The fraction of sp³-hybridized carbons (Fsp3) is 0.769. The maximum Gasteiger partial charge on any atom is 0.303 e. The molecule has 0 bridgehead atoms. The Labute approximate surface area is 112 Å². The van der Waals surface area contributed by atoms with Crippen molar-refractivity contribution in [3.8, 4) is 0 Å². The number of carbonyl (C=O) groups is 3. The molecule has 3 N–H and O–H groups in total. The van der Waals surface area contributed by atoms with Crippen LogP contribution in [0.1, 0.15) is 45.4 Å². The highest BCUT2D eigenvalue weighted by molar-refractivity contribution is 5.81. The molecular weight excluding hydrogens is 248 g/mol. The fourth-order valence-electron chi connectivity index (χ4n) is 1.71. The molecule has 0 spiro atoms. The summed E-state index contributed by atoms with van der Waals surface area (Å²) >= 11 is 0. The van der Waals surface area contributed by atoms with Gasteiger partial charge in [-0.2, -0.15) is 0 Å². The number of aliphatic carboxylic acids is 1. The van der Waals surface area contributed by atoms with Crippen molar-refractivity contribution in [3.63, 3.8) is 0 Å². The van der Waals surface area contributed by atoms with Gasteiger partial charge in [-0.1, -0.05) is 0 Å². The minimum absolute atomic E-state index is 0.0545. The molecule has 1 saturated carbocycles.